The van der Waals surface area contributed by atoms with Gasteiger partial charge in [0.2, 0.25) is 0 Å². The van der Waals surface area contributed by atoms with Gasteiger partial charge in [0.1, 0.15) is 0 Å². The molecule has 0 fully saturated rings. The number of hydrogen-bond acceptors (Lipinski definition) is 2. The third-order valence-electron chi connectivity index (χ3n) is 1.08. The summed E-state index contributed by atoms with van der Waals surface area (Å²) in [5, 5.41) is 0. The van der Waals surface area contributed by atoms with Crippen molar-refractivity contribution in [1.29, 1.82) is 0 Å². The predicted octanol–water partition coefficient (Wildman–Crippen LogP) is 2.72. The number of benzene rings is 1. The molecule has 0 amide bonds. The van der Waals surface area contributed by atoms with Crippen LogP contribution in [0, 0.1) is 0 Å². The minimum Gasteiger partial charge on any atom is -0.331 e. The maximum Gasteiger partial charge on any atom is 0.0785 e. The van der Waals surface area contributed by atoms with Crippen molar-refractivity contribution in [1.82, 2.24) is 0 Å². The van der Waals surface area contributed by atoms with Crippen LogP contribution in [0.15, 0.2) is 30.3 Å². The molecule has 1 aromatic carbocycles. The van der Waals surface area contributed by atoms with E-state index in [0.29, 0.717) is 13.7 Å². The Balaban J connectivity index is -0.000000176. The summed E-state index contributed by atoms with van der Waals surface area (Å²) >= 11 is 0. The molecule has 0 aromatic heterocycles. The largest absolute Gasteiger partial charge is 0.331 e. The SMILES string of the molecule is CC.CCN.CF.NCc1ccccc1. The second kappa shape index (κ2) is 23.1. The zero-order valence-corrected chi connectivity index (χ0v) is 10.3. The smallest absolute Gasteiger partial charge is 0.0785 e. The van der Waals surface area contributed by atoms with Gasteiger partial charge in [0.15, 0.2) is 0 Å². The lowest BCUT2D eigenvalue weighted by molar-refractivity contribution is 0.636. The van der Waals surface area contributed by atoms with Crippen molar-refractivity contribution in [3.8, 4) is 0 Å². The van der Waals surface area contributed by atoms with Crippen molar-refractivity contribution in [2.45, 2.75) is 27.3 Å². The van der Waals surface area contributed by atoms with E-state index in [1.165, 1.54) is 5.56 Å². The molecular formula is C12H25FN2. The summed E-state index contributed by atoms with van der Waals surface area (Å²) in [5.74, 6) is 0. The van der Waals surface area contributed by atoms with Gasteiger partial charge in [0.05, 0.1) is 7.18 Å². The summed E-state index contributed by atoms with van der Waals surface area (Å²) in [6, 6.07) is 9.99. The van der Waals surface area contributed by atoms with E-state index in [1.54, 1.807) is 0 Å². The van der Waals surface area contributed by atoms with Gasteiger partial charge in [-0.15, -0.1) is 0 Å². The lowest BCUT2D eigenvalue weighted by Gasteiger charge is -1.90. The second-order valence-electron chi connectivity index (χ2n) is 2.10. The summed E-state index contributed by atoms with van der Waals surface area (Å²) < 4.78 is 9.50. The fraction of sp³-hybridized carbons (Fsp3) is 0.500. The van der Waals surface area contributed by atoms with E-state index in [2.05, 4.69) is 0 Å². The number of nitrogens with two attached hydrogens (primary N) is 2. The highest BCUT2D eigenvalue weighted by Crippen LogP contribution is 1.94. The van der Waals surface area contributed by atoms with Crippen molar-refractivity contribution in [2.75, 3.05) is 13.7 Å². The average molecular weight is 216 g/mol. The standard InChI is InChI=1S/C7H9N.C2H7N.C2H6.CH3F/c8-6-7-4-2-1-3-5-7;1-2-3;2*1-2/h1-5H,6,8H2;2-3H2,1H3;1-2H3;1H3. The second-order valence-corrected chi connectivity index (χ2v) is 2.10. The van der Waals surface area contributed by atoms with Crippen LogP contribution in [-0.4, -0.2) is 13.7 Å². The van der Waals surface area contributed by atoms with E-state index in [1.807, 2.05) is 51.1 Å². The van der Waals surface area contributed by atoms with Crippen molar-refractivity contribution in [2.24, 2.45) is 11.5 Å². The molecule has 0 heterocycles. The van der Waals surface area contributed by atoms with Gasteiger partial charge in [-0.3, -0.25) is 4.39 Å². The monoisotopic (exact) mass is 216 g/mol. The number of halogens is 1. The van der Waals surface area contributed by atoms with E-state index in [-0.39, 0.29) is 0 Å². The highest BCUT2D eigenvalue weighted by atomic mass is 19.1. The Labute approximate surface area is 93.5 Å². The Kier molecular flexibility index (Phi) is 30.3. The molecule has 0 atom stereocenters. The van der Waals surface area contributed by atoms with E-state index in [4.69, 9.17) is 11.5 Å². The predicted molar refractivity (Wildman–Crippen MR) is 67.4 cm³/mol. The lowest BCUT2D eigenvalue weighted by Crippen LogP contribution is -1.94. The fourth-order valence-corrected chi connectivity index (χ4v) is 0.614. The maximum atomic E-state index is 9.50. The summed E-state index contributed by atoms with van der Waals surface area (Å²) in [6.07, 6.45) is 0. The van der Waals surface area contributed by atoms with E-state index in [0.717, 1.165) is 6.54 Å². The van der Waals surface area contributed by atoms with Crippen LogP contribution in [-0.2, 0) is 6.54 Å². The summed E-state index contributed by atoms with van der Waals surface area (Å²) in [6.45, 7) is 7.29. The first-order chi connectivity index (χ1) is 7.35. The highest BCUT2D eigenvalue weighted by Gasteiger charge is 1.80. The van der Waals surface area contributed by atoms with Gasteiger partial charge in [0.25, 0.3) is 0 Å². The van der Waals surface area contributed by atoms with Crippen molar-refractivity contribution >= 4 is 0 Å². The third kappa shape index (κ3) is 19.5. The van der Waals surface area contributed by atoms with E-state index in [9.17, 15) is 4.39 Å². The zero-order valence-electron chi connectivity index (χ0n) is 10.3. The van der Waals surface area contributed by atoms with Crippen LogP contribution in [0.4, 0.5) is 4.39 Å². The van der Waals surface area contributed by atoms with Gasteiger partial charge in [-0.1, -0.05) is 51.1 Å². The number of hydrogen-bond donors (Lipinski definition) is 2. The first-order valence-corrected chi connectivity index (χ1v) is 5.17. The molecule has 0 spiro atoms. The van der Waals surface area contributed by atoms with Crippen LogP contribution in [0.25, 0.3) is 0 Å². The number of rotatable bonds is 1. The van der Waals surface area contributed by atoms with Crippen LogP contribution in [0.3, 0.4) is 0 Å². The molecule has 4 N–H and O–H groups in total. The van der Waals surface area contributed by atoms with Gasteiger partial charge in [-0.05, 0) is 12.1 Å². The summed E-state index contributed by atoms with van der Waals surface area (Å²) in [7, 11) is 0.500. The molecule has 2 nitrogen and oxygen atoms in total. The molecule has 0 radical (unpaired) electrons. The van der Waals surface area contributed by atoms with Crippen LogP contribution >= 0.6 is 0 Å². The third-order valence-corrected chi connectivity index (χ3v) is 1.08. The molecule has 1 rings (SSSR count). The van der Waals surface area contributed by atoms with Gasteiger partial charge >= 0.3 is 0 Å². The van der Waals surface area contributed by atoms with Crippen LogP contribution in [0.5, 0.6) is 0 Å². The molecule has 3 heteroatoms. The molecular weight excluding hydrogens is 191 g/mol. The normalized spacial score (nSPS) is 6.87. The molecule has 90 valence electrons. The first-order valence-electron chi connectivity index (χ1n) is 5.17. The molecule has 0 aliphatic heterocycles. The van der Waals surface area contributed by atoms with Crippen molar-refractivity contribution in [3.63, 3.8) is 0 Å². The van der Waals surface area contributed by atoms with Gasteiger partial charge in [-0.2, -0.15) is 0 Å². The number of alkyl halides is 1. The fourth-order valence-electron chi connectivity index (χ4n) is 0.614. The van der Waals surface area contributed by atoms with Gasteiger partial charge in [0, 0.05) is 6.54 Å². The molecule has 0 bridgehead atoms. The van der Waals surface area contributed by atoms with Gasteiger partial charge < -0.3 is 11.5 Å². The Morgan fingerprint density at radius 2 is 1.33 bits per heavy atom. The first kappa shape index (κ1) is 19.6. The highest BCUT2D eigenvalue weighted by molar-refractivity contribution is 5.13. The van der Waals surface area contributed by atoms with Crippen LogP contribution in [0.2, 0.25) is 0 Å². The Morgan fingerprint density at radius 1 is 1.00 bits per heavy atom. The molecule has 0 unspecified atom stereocenters. The quantitative estimate of drug-likeness (QED) is 0.758. The Bertz CT molecular complexity index is 167. The Morgan fingerprint density at radius 3 is 1.53 bits per heavy atom. The molecule has 0 saturated heterocycles. The summed E-state index contributed by atoms with van der Waals surface area (Å²) in [5.41, 5.74) is 11.4. The van der Waals surface area contributed by atoms with Gasteiger partial charge in [-0.25, -0.2) is 0 Å². The Hall–Kier alpha value is -0.930. The minimum atomic E-state index is 0.500. The minimum absolute atomic E-state index is 0.500. The van der Waals surface area contributed by atoms with Crippen LogP contribution < -0.4 is 11.5 Å². The molecule has 0 saturated carbocycles. The topological polar surface area (TPSA) is 52.0 Å². The maximum absolute atomic E-state index is 9.50. The van der Waals surface area contributed by atoms with Crippen molar-refractivity contribution < 1.29 is 4.39 Å². The van der Waals surface area contributed by atoms with E-state index >= 15 is 0 Å². The van der Waals surface area contributed by atoms with Crippen LogP contribution in [0.1, 0.15) is 26.3 Å². The molecule has 0 aliphatic rings. The zero-order chi connectivity index (χ0) is 12.5. The average Bonchev–Trinajstić information content (AvgIpc) is 2.36. The molecule has 0 aliphatic carbocycles. The summed E-state index contributed by atoms with van der Waals surface area (Å²) in [4.78, 5) is 0. The van der Waals surface area contributed by atoms with Crippen molar-refractivity contribution in [3.05, 3.63) is 35.9 Å². The lowest BCUT2D eigenvalue weighted by atomic mass is 10.2. The molecule has 15 heavy (non-hydrogen) atoms. The molecule has 1 aromatic rings. The van der Waals surface area contributed by atoms with E-state index < -0.39 is 0 Å².